The summed E-state index contributed by atoms with van der Waals surface area (Å²) < 4.78 is 5.43. The van der Waals surface area contributed by atoms with E-state index in [0.717, 1.165) is 37.0 Å². The number of benzene rings is 1. The van der Waals surface area contributed by atoms with Crippen LogP contribution >= 0.6 is 0 Å². The Morgan fingerprint density at radius 2 is 2.08 bits per heavy atom. The third-order valence-electron chi connectivity index (χ3n) is 5.70. The number of pyridine rings is 1. The quantitative estimate of drug-likeness (QED) is 0.925. The van der Waals surface area contributed by atoms with Crippen LogP contribution < -0.4 is 0 Å². The van der Waals surface area contributed by atoms with Crippen LogP contribution in [0.4, 0.5) is 0 Å². The molecular formula is C20H20N2O3. The van der Waals surface area contributed by atoms with Crippen molar-refractivity contribution in [2.45, 2.75) is 37.5 Å². The summed E-state index contributed by atoms with van der Waals surface area (Å²) in [5, 5.41) is 20.0. The number of hydrogen-bond acceptors (Lipinski definition) is 4. The molecule has 5 heteroatoms. The standard InChI is InChI=1S/C20H20N2O3/c1-12-10-20(12,11-21)18-16(19(23)24)8-15-3-2-14(9-17(15)22-18)13-4-6-25-7-5-13/h2-3,8-9,12-13H,4-7,10H2,1H3,(H,23,24). The van der Waals surface area contributed by atoms with Gasteiger partial charge in [-0.15, -0.1) is 0 Å². The van der Waals surface area contributed by atoms with Crippen molar-refractivity contribution in [3.8, 4) is 6.07 Å². The maximum Gasteiger partial charge on any atom is 0.337 e. The van der Waals surface area contributed by atoms with Gasteiger partial charge in [-0.1, -0.05) is 19.1 Å². The van der Waals surface area contributed by atoms with Crippen molar-refractivity contribution in [2.24, 2.45) is 5.92 Å². The summed E-state index contributed by atoms with van der Waals surface area (Å²) in [5.74, 6) is -0.432. The Kier molecular flexibility index (Phi) is 3.73. The molecule has 0 bridgehead atoms. The molecule has 4 rings (SSSR count). The van der Waals surface area contributed by atoms with Crippen LogP contribution in [0.15, 0.2) is 24.3 Å². The maximum absolute atomic E-state index is 11.7. The highest BCUT2D eigenvalue weighted by Crippen LogP contribution is 2.54. The summed E-state index contributed by atoms with van der Waals surface area (Å²) in [6, 6.07) is 10.0. The molecule has 0 spiro atoms. The van der Waals surface area contributed by atoms with E-state index in [1.165, 1.54) is 5.56 Å². The second-order valence-corrected chi connectivity index (χ2v) is 7.22. The van der Waals surface area contributed by atoms with Gasteiger partial charge in [0.2, 0.25) is 0 Å². The molecule has 1 aliphatic heterocycles. The van der Waals surface area contributed by atoms with Crippen LogP contribution in [-0.4, -0.2) is 29.3 Å². The third-order valence-corrected chi connectivity index (χ3v) is 5.70. The fourth-order valence-electron chi connectivity index (χ4n) is 3.93. The van der Waals surface area contributed by atoms with Crippen molar-refractivity contribution in [2.75, 3.05) is 13.2 Å². The molecule has 2 atom stereocenters. The van der Waals surface area contributed by atoms with Gasteiger partial charge in [-0.05, 0) is 48.8 Å². The summed E-state index contributed by atoms with van der Waals surface area (Å²) in [6.07, 6.45) is 2.65. The lowest BCUT2D eigenvalue weighted by Gasteiger charge is -2.22. The third kappa shape index (κ3) is 2.58. The van der Waals surface area contributed by atoms with Gasteiger partial charge >= 0.3 is 5.97 Å². The van der Waals surface area contributed by atoms with Crippen LogP contribution in [0.3, 0.4) is 0 Å². The molecule has 25 heavy (non-hydrogen) atoms. The van der Waals surface area contributed by atoms with Crippen LogP contribution in [0.25, 0.3) is 10.9 Å². The average molecular weight is 336 g/mol. The minimum absolute atomic E-state index is 0.138. The van der Waals surface area contributed by atoms with Gasteiger partial charge in [0, 0.05) is 18.6 Å². The summed E-state index contributed by atoms with van der Waals surface area (Å²) >= 11 is 0. The minimum atomic E-state index is -1.02. The van der Waals surface area contributed by atoms with Crippen molar-refractivity contribution in [1.82, 2.24) is 4.98 Å². The zero-order chi connectivity index (χ0) is 17.6. The first-order valence-corrected chi connectivity index (χ1v) is 8.72. The predicted octanol–water partition coefficient (Wildman–Crippen LogP) is 3.63. The normalized spacial score (nSPS) is 26.3. The van der Waals surface area contributed by atoms with Gasteiger partial charge in [0.15, 0.2) is 0 Å². The highest BCUT2D eigenvalue weighted by molar-refractivity contribution is 5.95. The van der Waals surface area contributed by atoms with E-state index in [4.69, 9.17) is 4.74 Å². The molecule has 1 saturated carbocycles. The number of nitrogens with zero attached hydrogens (tertiary/aromatic N) is 2. The Labute approximate surface area is 146 Å². The van der Waals surface area contributed by atoms with E-state index in [1.807, 2.05) is 13.0 Å². The Morgan fingerprint density at radius 1 is 1.36 bits per heavy atom. The highest BCUT2D eigenvalue weighted by Gasteiger charge is 2.56. The average Bonchev–Trinajstić information content (AvgIpc) is 3.32. The lowest BCUT2D eigenvalue weighted by molar-refractivity contribution is 0.0694. The molecule has 2 heterocycles. The number of ether oxygens (including phenoxy) is 1. The predicted molar refractivity (Wildman–Crippen MR) is 92.6 cm³/mol. The lowest BCUT2D eigenvalue weighted by Crippen LogP contribution is -2.16. The van der Waals surface area contributed by atoms with Crippen molar-refractivity contribution in [3.05, 3.63) is 41.1 Å². The Bertz CT molecular complexity index is 896. The molecule has 1 aliphatic carbocycles. The van der Waals surface area contributed by atoms with E-state index in [9.17, 15) is 15.2 Å². The fourth-order valence-corrected chi connectivity index (χ4v) is 3.93. The molecule has 1 aromatic carbocycles. The van der Waals surface area contributed by atoms with E-state index >= 15 is 0 Å². The molecule has 2 unspecified atom stereocenters. The number of carboxylic acids is 1. The van der Waals surface area contributed by atoms with Crippen molar-refractivity contribution in [1.29, 1.82) is 5.26 Å². The zero-order valence-corrected chi connectivity index (χ0v) is 14.2. The maximum atomic E-state index is 11.7. The van der Waals surface area contributed by atoms with E-state index in [0.29, 0.717) is 18.0 Å². The molecule has 128 valence electrons. The number of carboxylic acid groups (broad SMARTS) is 1. The van der Waals surface area contributed by atoms with Gasteiger partial charge in [0.05, 0.1) is 22.8 Å². The monoisotopic (exact) mass is 336 g/mol. The zero-order valence-electron chi connectivity index (χ0n) is 14.2. The molecule has 1 N–H and O–H groups in total. The molecule has 5 nitrogen and oxygen atoms in total. The molecular weight excluding hydrogens is 316 g/mol. The molecule has 2 aliphatic rings. The first kappa shape index (κ1) is 16.0. The van der Waals surface area contributed by atoms with E-state index in [-0.39, 0.29) is 11.5 Å². The van der Waals surface area contributed by atoms with Crippen LogP contribution in [0.5, 0.6) is 0 Å². The smallest absolute Gasteiger partial charge is 0.337 e. The van der Waals surface area contributed by atoms with Crippen molar-refractivity contribution in [3.63, 3.8) is 0 Å². The number of hydrogen-bond donors (Lipinski definition) is 1. The molecule has 0 radical (unpaired) electrons. The van der Waals surface area contributed by atoms with Gasteiger partial charge in [-0.3, -0.25) is 4.98 Å². The molecule has 1 saturated heterocycles. The summed E-state index contributed by atoms with van der Waals surface area (Å²) in [5.41, 5.74) is 1.81. The number of fused-ring (bicyclic) bond motifs is 1. The van der Waals surface area contributed by atoms with Crippen LogP contribution in [0.1, 0.15) is 53.7 Å². The van der Waals surface area contributed by atoms with E-state index in [1.54, 1.807) is 6.07 Å². The van der Waals surface area contributed by atoms with Crippen molar-refractivity contribution < 1.29 is 14.6 Å². The second kappa shape index (κ2) is 5.82. The number of carbonyl (C=O) groups is 1. The minimum Gasteiger partial charge on any atom is -0.478 e. The Morgan fingerprint density at radius 3 is 2.68 bits per heavy atom. The fraction of sp³-hybridized carbons (Fsp3) is 0.450. The van der Waals surface area contributed by atoms with E-state index < -0.39 is 11.4 Å². The van der Waals surface area contributed by atoms with Gasteiger partial charge in [0.25, 0.3) is 0 Å². The number of aromatic carboxylic acids is 1. The lowest BCUT2D eigenvalue weighted by atomic mass is 9.90. The van der Waals surface area contributed by atoms with Gasteiger partial charge in [0.1, 0.15) is 5.41 Å². The topological polar surface area (TPSA) is 83.2 Å². The van der Waals surface area contributed by atoms with E-state index in [2.05, 4.69) is 23.2 Å². The molecule has 0 amide bonds. The summed E-state index contributed by atoms with van der Waals surface area (Å²) in [4.78, 5) is 16.4. The van der Waals surface area contributed by atoms with Gasteiger partial charge in [-0.2, -0.15) is 5.26 Å². The largest absolute Gasteiger partial charge is 0.478 e. The van der Waals surface area contributed by atoms with Crippen LogP contribution in [0.2, 0.25) is 0 Å². The van der Waals surface area contributed by atoms with Crippen LogP contribution in [-0.2, 0) is 10.2 Å². The summed E-state index contributed by atoms with van der Waals surface area (Å²) in [7, 11) is 0. The first-order valence-electron chi connectivity index (χ1n) is 8.72. The van der Waals surface area contributed by atoms with Crippen molar-refractivity contribution >= 4 is 16.9 Å². The first-order chi connectivity index (χ1) is 12.0. The Balaban J connectivity index is 1.84. The SMILES string of the molecule is CC1CC1(C#N)c1nc2cc(C3CCOCC3)ccc2cc1C(=O)O. The number of aromatic nitrogens is 1. The molecule has 2 aromatic rings. The number of rotatable bonds is 3. The highest BCUT2D eigenvalue weighted by atomic mass is 16.5. The second-order valence-electron chi connectivity index (χ2n) is 7.22. The van der Waals surface area contributed by atoms with Crippen LogP contribution in [0, 0.1) is 17.2 Å². The van der Waals surface area contributed by atoms with Gasteiger partial charge in [-0.25, -0.2) is 4.79 Å². The summed E-state index contributed by atoms with van der Waals surface area (Å²) in [6.45, 7) is 3.52. The Hall–Kier alpha value is -2.45. The molecule has 2 fully saturated rings. The molecule has 1 aromatic heterocycles. The number of nitriles is 1. The van der Waals surface area contributed by atoms with Gasteiger partial charge < -0.3 is 9.84 Å².